The van der Waals surface area contributed by atoms with Gasteiger partial charge in [0.1, 0.15) is 13.1 Å². The number of anilines is 1. The highest BCUT2D eigenvalue weighted by Gasteiger charge is 2.19. The predicted octanol–water partition coefficient (Wildman–Crippen LogP) is 4.81. The number of nitrogens with one attached hydrogen (secondary N) is 2. The Morgan fingerprint density at radius 2 is 1.91 bits per heavy atom. The summed E-state index contributed by atoms with van der Waals surface area (Å²) in [4.78, 5) is 20.9. The van der Waals surface area contributed by atoms with Crippen LogP contribution in [-0.2, 0) is 22.7 Å². The van der Waals surface area contributed by atoms with Crippen molar-refractivity contribution in [1.29, 1.82) is 0 Å². The van der Waals surface area contributed by atoms with E-state index in [1.165, 1.54) is 5.56 Å². The average molecular weight is 487 g/mol. The number of likely N-dealkylation sites (N-methyl/N-ethyl adjacent to an activating group) is 2. The molecule has 0 saturated carbocycles. The molecule has 6 nitrogen and oxygen atoms in total. The van der Waals surface area contributed by atoms with Crippen LogP contribution in [0.4, 0.5) is 5.69 Å². The Kier molecular flexibility index (Phi) is 16.0. The molecule has 0 bridgehead atoms. The van der Waals surface area contributed by atoms with Crippen LogP contribution in [-0.4, -0.2) is 45.2 Å². The first-order valence-electron chi connectivity index (χ1n) is 11.0. The second-order valence-electron chi connectivity index (χ2n) is 7.56. The Labute approximate surface area is 209 Å². The molecule has 0 aliphatic heterocycles. The van der Waals surface area contributed by atoms with Gasteiger partial charge in [0.2, 0.25) is 0 Å². The number of hydrogen-bond donors (Lipinski definition) is 3. The van der Waals surface area contributed by atoms with Gasteiger partial charge in [0.05, 0.1) is 0 Å². The minimum absolute atomic E-state index is 0.0960. The summed E-state index contributed by atoms with van der Waals surface area (Å²) >= 11 is 5.85. The summed E-state index contributed by atoms with van der Waals surface area (Å²) < 4.78 is 0. The standard InChI is InChI=1S/C18H27N3O.C8H10ClN.CH2O/c1-5-15-8-6-9-16(12-19)17(15)13-21(4)18(10-7-11-22)14(2)20-3;1-6-3-4-7(10-2)5-8(6)9;1-2/h5-6,8-9,11,18,20H,1-2,7,10,12-13,19H2,3-4H3;3-5,10H,1-2H3;1H2. The second-order valence-corrected chi connectivity index (χ2v) is 7.96. The lowest BCUT2D eigenvalue weighted by atomic mass is 9.99. The first-order chi connectivity index (χ1) is 16.3. The van der Waals surface area contributed by atoms with Crippen molar-refractivity contribution in [2.45, 2.75) is 38.9 Å². The molecule has 2 rings (SSSR count). The van der Waals surface area contributed by atoms with Crippen LogP contribution < -0.4 is 16.4 Å². The molecule has 34 heavy (non-hydrogen) atoms. The summed E-state index contributed by atoms with van der Waals surface area (Å²) in [6.07, 6.45) is 4.07. The quantitative estimate of drug-likeness (QED) is 0.395. The molecule has 0 aliphatic carbocycles. The maximum atomic E-state index is 10.7. The van der Waals surface area contributed by atoms with E-state index in [0.29, 0.717) is 13.0 Å². The molecular formula is C27H39ClN4O2. The summed E-state index contributed by atoms with van der Waals surface area (Å²) in [5, 5.41) is 6.92. The smallest absolute Gasteiger partial charge is 0.120 e. The number of nitrogens with zero attached hydrogens (tertiary/aromatic N) is 1. The molecule has 2 aromatic rings. The molecule has 4 N–H and O–H groups in total. The van der Waals surface area contributed by atoms with E-state index in [1.54, 1.807) is 0 Å². The number of aldehydes is 1. The first kappa shape index (κ1) is 31.1. The molecule has 186 valence electrons. The monoisotopic (exact) mass is 486 g/mol. The van der Waals surface area contributed by atoms with Gasteiger partial charge in [-0.05, 0) is 54.8 Å². The zero-order valence-corrected chi connectivity index (χ0v) is 21.6. The van der Waals surface area contributed by atoms with Gasteiger partial charge in [0.25, 0.3) is 0 Å². The molecule has 1 atom stereocenters. The van der Waals surface area contributed by atoms with Crippen molar-refractivity contribution >= 4 is 36.4 Å². The molecule has 0 aromatic heterocycles. The number of nitrogens with two attached hydrogens (primary N) is 1. The molecule has 2 aromatic carbocycles. The summed E-state index contributed by atoms with van der Waals surface area (Å²) in [7, 11) is 5.77. The maximum Gasteiger partial charge on any atom is 0.120 e. The third-order valence-corrected chi connectivity index (χ3v) is 5.84. The topological polar surface area (TPSA) is 87.5 Å². The summed E-state index contributed by atoms with van der Waals surface area (Å²) in [6, 6.07) is 12.1. The largest absolute Gasteiger partial charge is 0.391 e. The van der Waals surface area contributed by atoms with Crippen LogP contribution in [0.15, 0.2) is 55.3 Å². The average Bonchev–Trinajstić information content (AvgIpc) is 2.87. The lowest BCUT2D eigenvalue weighted by Crippen LogP contribution is -2.37. The van der Waals surface area contributed by atoms with Crippen molar-refractivity contribution in [1.82, 2.24) is 10.2 Å². The summed E-state index contributed by atoms with van der Waals surface area (Å²) in [6.45, 7) is 13.2. The van der Waals surface area contributed by atoms with Crippen LogP contribution in [0.25, 0.3) is 6.08 Å². The van der Waals surface area contributed by atoms with E-state index in [4.69, 9.17) is 22.1 Å². The molecule has 7 heteroatoms. The number of hydrogen-bond acceptors (Lipinski definition) is 6. The van der Waals surface area contributed by atoms with Crippen molar-refractivity contribution in [2.75, 3.05) is 26.5 Å². The Balaban J connectivity index is 0.000000753. The van der Waals surface area contributed by atoms with Crippen LogP contribution >= 0.6 is 11.6 Å². The Morgan fingerprint density at radius 3 is 2.41 bits per heavy atom. The van der Waals surface area contributed by atoms with Gasteiger partial charge in [0, 0.05) is 56.1 Å². The van der Waals surface area contributed by atoms with E-state index >= 15 is 0 Å². The zero-order valence-electron chi connectivity index (χ0n) is 20.9. The Bertz CT molecular complexity index is 917. The van der Waals surface area contributed by atoms with Gasteiger partial charge in [-0.3, -0.25) is 4.90 Å². The highest BCUT2D eigenvalue weighted by molar-refractivity contribution is 6.31. The minimum atomic E-state index is 0.0960. The third kappa shape index (κ3) is 9.91. The molecule has 0 radical (unpaired) electrons. The van der Waals surface area contributed by atoms with Crippen LogP contribution in [0, 0.1) is 6.92 Å². The van der Waals surface area contributed by atoms with Gasteiger partial charge in [-0.25, -0.2) is 0 Å². The zero-order chi connectivity index (χ0) is 26.1. The van der Waals surface area contributed by atoms with Crippen LogP contribution in [0.5, 0.6) is 0 Å². The third-order valence-electron chi connectivity index (χ3n) is 5.43. The first-order valence-corrected chi connectivity index (χ1v) is 11.4. The molecule has 0 spiro atoms. The van der Waals surface area contributed by atoms with Crippen molar-refractivity contribution in [2.24, 2.45) is 5.73 Å². The molecule has 0 saturated heterocycles. The number of carbonyl (C=O) groups is 2. The van der Waals surface area contributed by atoms with E-state index < -0.39 is 0 Å². The van der Waals surface area contributed by atoms with Gasteiger partial charge in [-0.15, -0.1) is 0 Å². The summed E-state index contributed by atoms with van der Waals surface area (Å²) in [5.74, 6) is 0. The Hall–Kier alpha value is -2.93. The molecule has 0 amide bonds. The molecule has 0 fully saturated rings. The maximum absolute atomic E-state index is 10.7. The Morgan fingerprint density at radius 1 is 1.24 bits per heavy atom. The number of rotatable bonds is 11. The SMILES string of the molecule is C=Cc1cccc(CN)c1CN(C)C(CCC=O)C(=C)NC.C=O.CNc1ccc(C)c(Cl)c1. The fourth-order valence-electron chi connectivity index (χ4n) is 3.39. The van der Waals surface area contributed by atoms with Gasteiger partial charge in [-0.1, -0.05) is 55.1 Å². The highest BCUT2D eigenvalue weighted by atomic mass is 35.5. The minimum Gasteiger partial charge on any atom is -0.391 e. The van der Waals surface area contributed by atoms with Crippen molar-refractivity contribution in [3.05, 3.63) is 82.5 Å². The van der Waals surface area contributed by atoms with Crippen LogP contribution in [0.2, 0.25) is 5.02 Å². The second kappa shape index (κ2) is 17.5. The highest BCUT2D eigenvalue weighted by Crippen LogP contribution is 2.21. The fraction of sp³-hybridized carbons (Fsp3) is 0.333. The normalized spacial score (nSPS) is 10.7. The number of benzene rings is 2. The van der Waals surface area contributed by atoms with E-state index in [0.717, 1.165) is 52.3 Å². The van der Waals surface area contributed by atoms with Crippen LogP contribution in [0.1, 0.15) is 35.1 Å². The van der Waals surface area contributed by atoms with Gasteiger partial charge in [0.15, 0.2) is 0 Å². The van der Waals surface area contributed by atoms with Crippen LogP contribution in [0.3, 0.4) is 0 Å². The van der Waals surface area contributed by atoms with E-state index in [-0.39, 0.29) is 6.04 Å². The predicted molar refractivity (Wildman–Crippen MR) is 146 cm³/mol. The number of aryl methyl sites for hydroxylation is 1. The molecular weight excluding hydrogens is 448 g/mol. The van der Waals surface area contributed by atoms with Gasteiger partial charge >= 0.3 is 0 Å². The molecule has 0 aliphatic rings. The van der Waals surface area contributed by atoms with Crippen molar-refractivity contribution in [3.8, 4) is 0 Å². The lowest BCUT2D eigenvalue weighted by molar-refractivity contribution is -0.108. The van der Waals surface area contributed by atoms with Gasteiger partial charge < -0.3 is 26.0 Å². The van der Waals surface area contributed by atoms with E-state index in [1.807, 2.05) is 77.3 Å². The van der Waals surface area contributed by atoms with Crippen molar-refractivity contribution in [3.63, 3.8) is 0 Å². The summed E-state index contributed by atoms with van der Waals surface area (Å²) in [5.41, 5.74) is 12.3. The number of carbonyl (C=O) groups excluding carboxylic acids is 2. The number of halogens is 1. The lowest BCUT2D eigenvalue weighted by Gasteiger charge is -2.30. The molecule has 1 unspecified atom stereocenters. The fourth-order valence-corrected chi connectivity index (χ4v) is 3.57. The van der Waals surface area contributed by atoms with E-state index in [9.17, 15) is 4.79 Å². The van der Waals surface area contributed by atoms with Crippen molar-refractivity contribution < 1.29 is 9.59 Å². The molecule has 0 heterocycles. The van der Waals surface area contributed by atoms with E-state index in [2.05, 4.69) is 28.7 Å². The van der Waals surface area contributed by atoms with Gasteiger partial charge in [-0.2, -0.15) is 0 Å².